The smallest absolute Gasteiger partial charge is 0.0801 e. The molecule has 0 spiro atoms. The molecule has 2 heteroatoms. The first kappa shape index (κ1) is 12.4. The van der Waals surface area contributed by atoms with Crippen LogP contribution in [0.1, 0.15) is 0 Å². The van der Waals surface area contributed by atoms with E-state index in [0.29, 0.717) is 0 Å². The van der Waals surface area contributed by atoms with Crippen molar-refractivity contribution in [2.75, 3.05) is 0 Å². The highest BCUT2D eigenvalue weighted by Gasteiger charge is 2.12. The molecular formula is C21H14N2. The maximum absolute atomic E-state index is 4.69. The molecule has 3 aromatic carbocycles. The van der Waals surface area contributed by atoms with E-state index in [2.05, 4.69) is 71.7 Å². The van der Waals surface area contributed by atoms with Gasteiger partial charge in [-0.2, -0.15) is 0 Å². The summed E-state index contributed by atoms with van der Waals surface area (Å²) in [6.07, 6.45) is 3.90. The summed E-state index contributed by atoms with van der Waals surface area (Å²) in [6.45, 7) is 0. The summed E-state index contributed by atoms with van der Waals surface area (Å²) in [5, 5.41) is 6.15. The Morgan fingerprint density at radius 2 is 1.48 bits per heavy atom. The Hall–Kier alpha value is -3.13. The third-order valence-electron chi connectivity index (χ3n) is 4.50. The maximum Gasteiger partial charge on any atom is 0.0801 e. The lowest BCUT2D eigenvalue weighted by molar-refractivity contribution is 1.36. The zero-order valence-electron chi connectivity index (χ0n) is 12.5. The lowest BCUT2D eigenvalue weighted by Gasteiger charge is -2.09. The van der Waals surface area contributed by atoms with Crippen molar-refractivity contribution in [3.63, 3.8) is 0 Å². The molecule has 0 saturated carbocycles. The fourth-order valence-corrected chi connectivity index (χ4v) is 3.43. The Morgan fingerprint density at radius 3 is 2.39 bits per heavy atom. The average Bonchev–Trinajstić information content (AvgIpc) is 3.11. The molecule has 0 unspecified atom stereocenters. The fraction of sp³-hybridized carbons (Fsp3) is 0. The quantitative estimate of drug-likeness (QED) is 0.432. The number of aromatic amines is 1. The molecule has 108 valence electrons. The molecule has 0 aliphatic carbocycles. The van der Waals surface area contributed by atoms with Crippen LogP contribution in [-0.4, -0.2) is 9.97 Å². The molecule has 23 heavy (non-hydrogen) atoms. The number of nitrogens with one attached hydrogen (secondary N) is 1. The second kappa shape index (κ2) is 4.68. The Kier molecular flexibility index (Phi) is 2.53. The van der Waals surface area contributed by atoms with E-state index in [9.17, 15) is 0 Å². The monoisotopic (exact) mass is 294 g/mol. The molecule has 1 N–H and O–H groups in total. The van der Waals surface area contributed by atoms with Crippen LogP contribution in [0.3, 0.4) is 0 Å². The van der Waals surface area contributed by atoms with Crippen molar-refractivity contribution >= 4 is 32.4 Å². The molecule has 0 fully saturated rings. The number of aromatic nitrogens is 2. The normalized spacial score (nSPS) is 11.5. The third-order valence-corrected chi connectivity index (χ3v) is 4.50. The van der Waals surface area contributed by atoms with E-state index in [1.165, 1.54) is 26.9 Å². The van der Waals surface area contributed by atoms with Crippen molar-refractivity contribution in [1.82, 2.24) is 9.97 Å². The SMILES string of the molecule is c1ccc2c(-c3cc4ccccc4c4cc[nH]c34)nccc2c1. The summed E-state index contributed by atoms with van der Waals surface area (Å²) in [5.74, 6) is 0. The second-order valence-corrected chi connectivity index (χ2v) is 5.79. The standard InChI is InChI=1S/C21H14N2/c1-4-8-17-14(5-1)9-11-22-20(17)19-13-15-6-2-3-7-16(15)18-10-12-23-21(18)19/h1-13,23H. The van der Waals surface area contributed by atoms with Gasteiger partial charge in [0.05, 0.1) is 11.2 Å². The number of H-pyrrole nitrogens is 1. The minimum absolute atomic E-state index is 1.03. The Bertz CT molecular complexity index is 1160. The minimum Gasteiger partial charge on any atom is -0.361 e. The van der Waals surface area contributed by atoms with Gasteiger partial charge >= 0.3 is 0 Å². The molecule has 5 rings (SSSR count). The molecule has 0 atom stereocenters. The highest BCUT2D eigenvalue weighted by molar-refractivity contribution is 6.14. The van der Waals surface area contributed by atoms with E-state index in [1.807, 2.05) is 12.4 Å². The van der Waals surface area contributed by atoms with Crippen LogP contribution in [0.2, 0.25) is 0 Å². The molecule has 2 nitrogen and oxygen atoms in total. The van der Waals surface area contributed by atoms with Crippen LogP contribution in [-0.2, 0) is 0 Å². The highest BCUT2D eigenvalue weighted by Crippen LogP contribution is 2.35. The summed E-state index contributed by atoms with van der Waals surface area (Å²) in [5.41, 5.74) is 3.33. The van der Waals surface area contributed by atoms with Crippen LogP contribution in [0.25, 0.3) is 43.7 Å². The predicted octanol–water partition coefficient (Wildman–Crippen LogP) is 5.54. The van der Waals surface area contributed by atoms with Gasteiger partial charge in [0, 0.05) is 28.7 Å². The average molecular weight is 294 g/mol. The van der Waals surface area contributed by atoms with Gasteiger partial charge in [0.1, 0.15) is 0 Å². The number of hydrogen-bond acceptors (Lipinski definition) is 1. The van der Waals surface area contributed by atoms with Gasteiger partial charge in [-0.3, -0.25) is 4.98 Å². The Balaban J connectivity index is 1.96. The molecule has 0 aliphatic heterocycles. The molecule has 2 heterocycles. The van der Waals surface area contributed by atoms with Crippen LogP contribution < -0.4 is 0 Å². The van der Waals surface area contributed by atoms with Crippen LogP contribution in [0.4, 0.5) is 0 Å². The van der Waals surface area contributed by atoms with E-state index in [4.69, 9.17) is 4.98 Å². The lowest BCUT2D eigenvalue weighted by Crippen LogP contribution is -1.88. The lowest BCUT2D eigenvalue weighted by atomic mass is 9.97. The summed E-state index contributed by atoms with van der Waals surface area (Å²) >= 11 is 0. The van der Waals surface area contributed by atoms with E-state index in [1.54, 1.807) is 0 Å². The number of hydrogen-bond donors (Lipinski definition) is 1. The van der Waals surface area contributed by atoms with Crippen molar-refractivity contribution in [2.24, 2.45) is 0 Å². The van der Waals surface area contributed by atoms with Crippen molar-refractivity contribution in [1.29, 1.82) is 0 Å². The number of nitrogens with zero attached hydrogens (tertiary/aromatic N) is 1. The molecule has 0 aliphatic rings. The highest BCUT2D eigenvalue weighted by atomic mass is 14.7. The topological polar surface area (TPSA) is 28.7 Å². The number of fused-ring (bicyclic) bond motifs is 4. The Morgan fingerprint density at radius 1 is 0.696 bits per heavy atom. The first-order valence-electron chi connectivity index (χ1n) is 7.75. The summed E-state index contributed by atoms with van der Waals surface area (Å²) < 4.78 is 0. The largest absolute Gasteiger partial charge is 0.361 e. The first-order chi connectivity index (χ1) is 11.4. The van der Waals surface area contributed by atoms with Gasteiger partial charge in [-0.1, -0.05) is 48.5 Å². The molecule has 0 bridgehead atoms. The van der Waals surface area contributed by atoms with Gasteiger partial charge < -0.3 is 4.98 Å². The molecule has 5 aromatic rings. The van der Waals surface area contributed by atoms with E-state index >= 15 is 0 Å². The van der Waals surface area contributed by atoms with Crippen LogP contribution in [0.15, 0.2) is 79.1 Å². The molecule has 0 saturated heterocycles. The third kappa shape index (κ3) is 1.78. The van der Waals surface area contributed by atoms with Crippen molar-refractivity contribution < 1.29 is 0 Å². The Labute approximate surface area is 133 Å². The maximum atomic E-state index is 4.69. The number of rotatable bonds is 1. The zero-order valence-corrected chi connectivity index (χ0v) is 12.5. The van der Waals surface area contributed by atoms with E-state index in [0.717, 1.165) is 16.8 Å². The summed E-state index contributed by atoms with van der Waals surface area (Å²) in [4.78, 5) is 8.10. The van der Waals surface area contributed by atoms with Crippen LogP contribution in [0.5, 0.6) is 0 Å². The van der Waals surface area contributed by atoms with Gasteiger partial charge in [-0.05, 0) is 34.4 Å². The van der Waals surface area contributed by atoms with E-state index in [-0.39, 0.29) is 0 Å². The molecule has 0 amide bonds. The van der Waals surface area contributed by atoms with Crippen molar-refractivity contribution in [3.8, 4) is 11.3 Å². The van der Waals surface area contributed by atoms with Gasteiger partial charge in [-0.25, -0.2) is 0 Å². The molecule has 2 aromatic heterocycles. The van der Waals surface area contributed by atoms with Crippen LogP contribution in [0, 0.1) is 0 Å². The van der Waals surface area contributed by atoms with Gasteiger partial charge in [0.2, 0.25) is 0 Å². The zero-order chi connectivity index (χ0) is 15.2. The van der Waals surface area contributed by atoms with Crippen molar-refractivity contribution in [3.05, 3.63) is 79.1 Å². The van der Waals surface area contributed by atoms with E-state index < -0.39 is 0 Å². The molecular weight excluding hydrogens is 280 g/mol. The number of pyridine rings is 1. The van der Waals surface area contributed by atoms with Crippen LogP contribution >= 0.6 is 0 Å². The fourth-order valence-electron chi connectivity index (χ4n) is 3.43. The van der Waals surface area contributed by atoms with Gasteiger partial charge in [0.15, 0.2) is 0 Å². The summed E-state index contributed by atoms with van der Waals surface area (Å²) in [7, 11) is 0. The van der Waals surface area contributed by atoms with Gasteiger partial charge in [-0.15, -0.1) is 0 Å². The van der Waals surface area contributed by atoms with Gasteiger partial charge in [0.25, 0.3) is 0 Å². The summed E-state index contributed by atoms with van der Waals surface area (Å²) in [6, 6.07) is 23.4. The number of benzene rings is 3. The predicted molar refractivity (Wildman–Crippen MR) is 96.5 cm³/mol. The minimum atomic E-state index is 1.03. The first-order valence-corrected chi connectivity index (χ1v) is 7.75. The second-order valence-electron chi connectivity index (χ2n) is 5.79. The van der Waals surface area contributed by atoms with Crippen molar-refractivity contribution in [2.45, 2.75) is 0 Å². The molecule has 0 radical (unpaired) electrons.